The van der Waals surface area contributed by atoms with Gasteiger partial charge in [0.15, 0.2) is 0 Å². The van der Waals surface area contributed by atoms with Crippen molar-refractivity contribution in [2.75, 3.05) is 26.4 Å². The Balaban J connectivity index is 1.58. The molecule has 2 heterocycles. The summed E-state index contributed by atoms with van der Waals surface area (Å²) in [5, 5.41) is 22.8. The van der Waals surface area contributed by atoms with E-state index < -0.39 is 0 Å². The quantitative estimate of drug-likeness (QED) is 0.738. The summed E-state index contributed by atoms with van der Waals surface area (Å²) in [7, 11) is 0. The number of hydrogen-bond donors (Lipinski definition) is 3. The van der Waals surface area contributed by atoms with E-state index in [1.54, 1.807) is 18.2 Å². The van der Waals surface area contributed by atoms with Gasteiger partial charge in [-0.05, 0) is 36.8 Å². The van der Waals surface area contributed by atoms with Gasteiger partial charge in [-0.25, -0.2) is 0 Å². The van der Waals surface area contributed by atoms with Crippen LogP contribution >= 0.6 is 11.6 Å². The molecule has 0 spiro atoms. The van der Waals surface area contributed by atoms with Crippen LogP contribution in [0.25, 0.3) is 0 Å². The summed E-state index contributed by atoms with van der Waals surface area (Å²) < 4.78 is 5.42. The van der Waals surface area contributed by atoms with Crippen molar-refractivity contribution in [2.24, 2.45) is 0 Å². The highest BCUT2D eigenvalue weighted by Gasteiger charge is 2.39. The lowest BCUT2D eigenvalue weighted by Crippen LogP contribution is -2.50. The number of nitrogens with zero attached hydrogens (tertiary/aromatic N) is 1. The summed E-state index contributed by atoms with van der Waals surface area (Å²) in [5.74, 6) is -0.187. The van der Waals surface area contributed by atoms with Crippen molar-refractivity contribution in [1.29, 1.82) is 0 Å². The van der Waals surface area contributed by atoms with Crippen molar-refractivity contribution < 1.29 is 19.7 Å². The molecule has 2 aliphatic rings. The monoisotopic (exact) mass is 364 g/mol. The number of aliphatic hydroxyl groups is 1. The molecule has 0 aromatic heterocycles. The molecule has 0 radical (unpaired) electrons. The van der Waals surface area contributed by atoms with Gasteiger partial charge in [0.1, 0.15) is 5.75 Å². The second-order valence-corrected chi connectivity index (χ2v) is 6.75. The minimum Gasteiger partial charge on any atom is -0.508 e. The zero-order valence-electron chi connectivity index (χ0n) is 13.7. The molecular formula is C18H21ClN2O4. The van der Waals surface area contributed by atoms with E-state index in [-0.39, 0.29) is 30.2 Å². The van der Waals surface area contributed by atoms with Crippen LogP contribution in [-0.2, 0) is 16.0 Å². The van der Waals surface area contributed by atoms with Gasteiger partial charge in [0.2, 0.25) is 5.91 Å². The number of amides is 1. The van der Waals surface area contributed by atoms with Crippen molar-refractivity contribution in [3.63, 3.8) is 0 Å². The molecule has 1 atom stereocenters. The molecule has 6 nitrogen and oxygen atoms in total. The predicted molar refractivity (Wildman–Crippen MR) is 94.1 cm³/mol. The SMILES string of the molecule is O=C(Cc1cc(Cl)ccc1O)NC1=CCN([C@@]2(CO)CCOC2)C=C1. The Hall–Kier alpha value is -2.02. The van der Waals surface area contributed by atoms with Crippen molar-refractivity contribution in [1.82, 2.24) is 10.2 Å². The van der Waals surface area contributed by atoms with Gasteiger partial charge in [-0.3, -0.25) is 4.79 Å². The number of phenolic OH excluding ortho intramolecular Hbond substituents is 1. The molecule has 3 N–H and O–H groups in total. The van der Waals surface area contributed by atoms with Gasteiger partial charge in [0.25, 0.3) is 0 Å². The zero-order valence-corrected chi connectivity index (χ0v) is 14.5. The molecular weight excluding hydrogens is 344 g/mol. The molecule has 0 aliphatic carbocycles. The summed E-state index contributed by atoms with van der Waals surface area (Å²) in [5.41, 5.74) is 0.791. The minimum atomic E-state index is -0.380. The Morgan fingerprint density at radius 3 is 2.92 bits per heavy atom. The number of halogens is 1. The second-order valence-electron chi connectivity index (χ2n) is 6.31. The zero-order chi connectivity index (χ0) is 17.9. The maximum atomic E-state index is 12.2. The topological polar surface area (TPSA) is 82.0 Å². The van der Waals surface area contributed by atoms with Gasteiger partial charge in [-0.1, -0.05) is 11.6 Å². The highest BCUT2D eigenvalue weighted by atomic mass is 35.5. The van der Waals surface area contributed by atoms with E-state index in [4.69, 9.17) is 16.3 Å². The van der Waals surface area contributed by atoms with E-state index in [9.17, 15) is 15.0 Å². The number of carbonyl (C=O) groups excluding carboxylic acids is 1. The first-order chi connectivity index (χ1) is 12.0. The Labute approximate surface area is 151 Å². The van der Waals surface area contributed by atoms with Gasteiger partial charge in [-0.2, -0.15) is 0 Å². The fourth-order valence-electron chi connectivity index (χ4n) is 3.05. The highest BCUT2D eigenvalue weighted by molar-refractivity contribution is 6.30. The average molecular weight is 365 g/mol. The number of phenols is 1. The van der Waals surface area contributed by atoms with E-state index >= 15 is 0 Å². The van der Waals surface area contributed by atoms with Crippen LogP contribution in [0.15, 0.2) is 42.2 Å². The third-order valence-corrected chi connectivity index (χ3v) is 4.84. The molecule has 0 saturated carbocycles. The maximum absolute atomic E-state index is 12.2. The Kier molecular flexibility index (Phi) is 5.32. The molecule has 1 aromatic carbocycles. The standard InChI is InChI=1S/C18H21ClN2O4/c19-14-1-2-16(23)13(9-14)10-17(24)20-15-3-6-21(7-4-15)18(11-22)5-8-25-12-18/h1-4,6,9,22-23H,5,7-8,10-12H2,(H,20,24)/t18-/m1/s1. The fraction of sp³-hybridized carbons (Fsp3) is 0.389. The molecule has 1 fully saturated rings. The van der Waals surface area contributed by atoms with Crippen LogP contribution in [0.4, 0.5) is 0 Å². The number of carbonyl (C=O) groups is 1. The molecule has 1 aromatic rings. The molecule has 0 unspecified atom stereocenters. The van der Waals surface area contributed by atoms with Crippen LogP contribution in [0, 0.1) is 0 Å². The van der Waals surface area contributed by atoms with Crippen molar-refractivity contribution >= 4 is 17.5 Å². The van der Waals surface area contributed by atoms with Gasteiger partial charge in [0, 0.05) is 35.6 Å². The summed E-state index contributed by atoms with van der Waals surface area (Å²) >= 11 is 5.90. The van der Waals surface area contributed by atoms with Crippen molar-refractivity contribution in [3.05, 3.63) is 52.8 Å². The van der Waals surface area contributed by atoms with E-state index in [0.29, 0.717) is 36.0 Å². The van der Waals surface area contributed by atoms with Gasteiger partial charge in [-0.15, -0.1) is 0 Å². The Bertz CT molecular complexity index is 711. The van der Waals surface area contributed by atoms with E-state index in [2.05, 4.69) is 5.32 Å². The number of benzene rings is 1. The van der Waals surface area contributed by atoms with Crippen LogP contribution < -0.4 is 5.32 Å². The molecule has 25 heavy (non-hydrogen) atoms. The first kappa shape index (κ1) is 17.8. The van der Waals surface area contributed by atoms with Gasteiger partial charge < -0.3 is 25.2 Å². The van der Waals surface area contributed by atoms with E-state index in [0.717, 1.165) is 6.42 Å². The number of rotatable bonds is 5. The van der Waals surface area contributed by atoms with Crippen LogP contribution in [-0.4, -0.2) is 52.9 Å². The Morgan fingerprint density at radius 1 is 1.44 bits per heavy atom. The van der Waals surface area contributed by atoms with Crippen LogP contribution in [0.5, 0.6) is 5.75 Å². The smallest absolute Gasteiger partial charge is 0.228 e. The minimum absolute atomic E-state index is 0.0287. The number of allylic oxidation sites excluding steroid dienone is 1. The third-order valence-electron chi connectivity index (χ3n) is 4.60. The molecule has 2 aliphatic heterocycles. The lowest BCUT2D eigenvalue weighted by molar-refractivity contribution is -0.119. The second kappa shape index (κ2) is 7.47. The van der Waals surface area contributed by atoms with E-state index in [1.165, 1.54) is 6.07 Å². The van der Waals surface area contributed by atoms with Gasteiger partial charge >= 0.3 is 0 Å². The Morgan fingerprint density at radius 2 is 2.28 bits per heavy atom. The number of aromatic hydroxyl groups is 1. The summed E-state index contributed by atoms with van der Waals surface area (Å²) in [6.07, 6.45) is 6.38. The number of nitrogens with one attached hydrogen (secondary N) is 1. The van der Waals surface area contributed by atoms with Crippen LogP contribution in [0.1, 0.15) is 12.0 Å². The summed E-state index contributed by atoms with van der Waals surface area (Å²) in [4.78, 5) is 14.2. The van der Waals surface area contributed by atoms with Crippen LogP contribution in [0.3, 0.4) is 0 Å². The third kappa shape index (κ3) is 3.98. The first-order valence-electron chi connectivity index (χ1n) is 8.13. The number of ether oxygens (including phenoxy) is 1. The molecule has 7 heteroatoms. The molecule has 1 amide bonds. The molecule has 3 rings (SSSR count). The van der Waals surface area contributed by atoms with Gasteiger partial charge in [0.05, 0.1) is 25.2 Å². The predicted octanol–water partition coefficient (Wildman–Crippen LogP) is 1.57. The fourth-order valence-corrected chi connectivity index (χ4v) is 3.25. The lowest BCUT2D eigenvalue weighted by Gasteiger charge is -2.39. The largest absolute Gasteiger partial charge is 0.508 e. The highest BCUT2D eigenvalue weighted by Crippen LogP contribution is 2.28. The van der Waals surface area contributed by atoms with Crippen molar-refractivity contribution in [2.45, 2.75) is 18.4 Å². The normalized spacial score (nSPS) is 22.8. The van der Waals surface area contributed by atoms with Crippen LogP contribution in [0.2, 0.25) is 5.02 Å². The average Bonchev–Trinajstić information content (AvgIpc) is 3.09. The molecule has 1 saturated heterocycles. The first-order valence-corrected chi connectivity index (χ1v) is 8.51. The maximum Gasteiger partial charge on any atom is 0.228 e. The number of hydrogen-bond acceptors (Lipinski definition) is 5. The molecule has 134 valence electrons. The van der Waals surface area contributed by atoms with E-state index in [1.807, 2.05) is 17.2 Å². The lowest BCUT2D eigenvalue weighted by atomic mass is 9.97. The molecule has 0 bridgehead atoms. The number of aliphatic hydroxyl groups excluding tert-OH is 1. The summed E-state index contributed by atoms with van der Waals surface area (Å²) in [6.45, 7) is 1.75. The van der Waals surface area contributed by atoms with Crippen molar-refractivity contribution in [3.8, 4) is 5.75 Å². The summed E-state index contributed by atoms with van der Waals surface area (Å²) in [6, 6.07) is 4.62.